The van der Waals surface area contributed by atoms with Gasteiger partial charge in [-0.25, -0.2) is 4.98 Å². The Bertz CT molecular complexity index is 416. The highest BCUT2D eigenvalue weighted by Gasteiger charge is 2.43. The van der Waals surface area contributed by atoms with Gasteiger partial charge < -0.3 is 15.0 Å². The van der Waals surface area contributed by atoms with Gasteiger partial charge in [-0.05, 0) is 19.8 Å². The van der Waals surface area contributed by atoms with E-state index in [9.17, 15) is 9.90 Å². The number of hydrogen-bond donors (Lipinski definition) is 2. The number of rotatable bonds is 3. The summed E-state index contributed by atoms with van der Waals surface area (Å²) in [6.07, 6.45) is 7.24. The lowest BCUT2D eigenvalue weighted by atomic mass is 9.72. The Balaban J connectivity index is 2.18. The number of nitrogens with zero attached hydrogens (tertiary/aromatic N) is 2. The Morgan fingerprint density at radius 2 is 2.41 bits per heavy atom. The number of hydrogen-bond acceptors (Lipinski definition) is 3. The van der Waals surface area contributed by atoms with E-state index in [4.69, 9.17) is 0 Å². The number of carboxylic acid groups (broad SMARTS) is 1. The topological polar surface area (TPSA) is 67.2 Å². The fourth-order valence-corrected chi connectivity index (χ4v) is 2.48. The molecule has 0 radical (unpaired) electrons. The van der Waals surface area contributed by atoms with Gasteiger partial charge in [0.1, 0.15) is 0 Å². The van der Waals surface area contributed by atoms with E-state index in [1.54, 1.807) is 6.20 Å². The van der Waals surface area contributed by atoms with Crippen LogP contribution >= 0.6 is 0 Å². The van der Waals surface area contributed by atoms with E-state index in [0.717, 1.165) is 31.6 Å². The van der Waals surface area contributed by atoms with Gasteiger partial charge >= 0.3 is 5.97 Å². The SMILES string of the molecule is Cn1ccnc1NC1CCCCC1(C)C(=O)O. The number of carboxylic acids is 1. The summed E-state index contributed by atoms with van der Waals surface area (Å²) in [5, 5.41) is 12.7. The number of nitrogens with one attached hydrogen (secondary N) is 1. The van der Waals surface area contributed by atoms with Crippen molar-refractivity contribution in [2.45, 2.75) is 38.6 Å². The second-order valence-electron chi connectivity index (χ2n) is 5.03. The van der Waals surface area contributed by atoms with E-state index in [1.807, 2.05) is 24.7 Å². The number of carbonyl (C=O) groups is 1. The lowest BCUT2D eigenvalue weighted by Crippen LogP contribution is -2.47. The third kappa shape index (κ3) is 2.14. The minimum Gasteiger partial charge on any atom is -0.481 e. The van der Waals surface area contributed by atoms with E-state index in [0.29, 0.717) is 0 Å². The first-order valence-corrected chi connectivity index (χ1v) is 6.01. The van der Waals surface area contributed by atoms with Crippen LogP contribution in [0.2, 0.25) is 0 Å². The van der Waals surface area contributed by atoms with Crippen molar-refractivity contribution in [3.63, 3.8) is 0 Å². The first-order chi connectivity index (χ1) is 8.04. The minimum absolute atomic E-state index is 0.0464. The van der Waals surface area contributed by atoms with Gasteiger partial charge in [0.25, 0.3) is 0 Å². The summed E-state index contributed by atoms with van der Waals surface area (Å²) < 4.78 is 1.87. The molecule has 0 spiro atoms. The zero-order valence-electron chi connectivity index (χ0n) is 10.3. The Morgan fingerprint density at radius 3 is 3.00 bits per heavy atom. The number of aryl methyl sites for hydroxylation is 1. The number of aromatic nitrogens is 2. The molecule has 1 aromatic heterocycles. The third-order valence-electron chi connectivity index (χ3n) is 3.82. The lowest BCUT2D eigenvalue weighted by Gasteiger charge is -2.38. The van der Waals surface area contributed by atoms with Crippen LogP contribution in [0.15, 0.2) is 12.4 Å². The van der Waals surface area contributed by atoms with Crippen molar-refractivity contribution in [1.82, 2.24) is 9.55 Å². The van der Waals surface area contributed by atoms with Crippen LogP contribution in [0.3, 0.4) is 0 Å². The average Bonchev–Trinajstić information content (AvgIpc) is 2.68. The van der Waals surface area contributed by atoms with Crippen LogP contribution in [-0.4, -0.2) is 26.7 Å². The van der Waals surface area contributed by atoms with Crippen LogP contribution in [0.5, 0.6) is 0 Å². The average molecular weight is 237 g/mol. The second-order valence-corrected chi connectivity index (χ2v) is 5.03. The molecule has 1 saturated carbocycles. The summed E-state index contributed by atoms with van der Waals surface area (Å²) in [6, 6.07) is -0.0464. The van der Waals surface area contributed by atoms with Gasteiger partial charge in [-0.3, -0.25) is 4.79 Å². The van der Waals surface area contributed by atoms with Gasteiger partial charge in [0.15, 0.2) is 0 Å². The lowest BCUT2D eigenvalue weighted by molar-refractivity contribution is -0.150. The molecule has 1 heterocycles. The molecular formula is C12H19N3O2. The van der Waals surface area contributed by atoms with E-state index < -0.39 is 11.4 Å². The highest BCUT2D eigenvalue weighted by Crippen LogP contribution is 2.37. The first-order valence-electron chi connectivity index (χ1n) is 6.01. The summed E-state index contributed by atoms with van der Waals surface area (Å²) in [5.41, 5.74) is -0.690. The molecule has 17 heavy (non-hydrogen) atoms. The molecule has 0 aliphatic heterocycles. The summed E-state index contributed by atoms with van der Waals surface area (Å²) in [6.45, 7) is 1.83. The van der Waals surface area contributed by atoms with Gasteiger partial charge in [-0.1, -0.05) is 12.8 Å². The Kier molecular flexibility index (Phi) is 3.09. The monoisotopic (exact) mass is 237 g/mol. The van der Waals surface area contributed by atoms with Crippen molar-refractivity contribution in [2.75, 3.05) is 5.32 Å². The summed E-state index contributed by atoms with van der Waals surface area (Å²) in [4.78, 5) is 15.6. The molecular weight excluding hydrogens is 218 g/mol. The van der Waals surface area contributed by atoms with E-state index >= 15 is 0 Å². The first kappa shape index (κ1) is 12.0. The van der Waals surface area contributed by atoms with Crippen LogP contribution in [0.25, 0.3) is 0 Å². The largest absolute Gasteiger partial charge is 0.481 e. The highest BCUT2D eigenvalue weighted by atomic mass is 16.4. The van der Waals surface area contributed by atoms with Crippen LogP contribution in [0, 0.1) is 5.41 Å². The normalized spacial score (nSPS) is 28.9. The predicted molar refractivity (Wildman–Crippen MR) is 64.8 cm³/mol. The predicted octanol–water partition coefficient (Wildman–Crippen LogP) is 1.87. The van der Waals surface area contributed by atoms with Crippen molar-refractivity contribution in [3.05, 3.63) is 12.4 Å². The van der Waals surface area contributed by atoms with Crippen molar-refractivity contribution in [3.8, 4) is 0 Å². The molecule has 2 N–H and O–H groups in total. The summed E-state index contributed by atoms with van der Waals surface area (Å²) in [5.74, 6) is 0.0216. The van der Waals surface area contributed by atoms with Gasteiger partial charge in [0, 0.05) is 25.5 Å². The van der Waals surface area contributed by atoms with Crippen LogP contribution in [-0.2, 0) is 11.8 Å². The second kappa shape index (κ2) is 4.39. The minimum atomic E-state index is -0.719. The van der Waals surface area contributed by atoms with Gasteiger partial charge in [0.05, 0.1) is 5.41 Å². The Labute approximate surface area is 101 Å². The summed E-state index contributed by atoms with van der Waals surface area (Å²) >= 11 is 0. The highest BCUT2D eigenvalue weighted by molar-refractivity contribution is 5.76. The smallest absolute Gasteiger partial charge is 0.311 e. The molecule has 2 unspecified atom stereocenters. The number of imidazole rings is 1. The van der Waals surface area contributed by atoms with E-state index in [2.05, 4.69) is 10.3 Å². The fraction of sp³-hybridized carbons (Fsp3) is 0.667. The van der Waals surface area contributed by atoms with E-state index in [-0.39, 0.29) is 6.04 Å². The molecule has 5 nitrogen and oxygen atoms in total. The maximum absolute atomic E-state index is 11.4. The van der Waals surface area contributed by atoms with Gasteiger partial charge in [-0.2, -0.15) is 0 Å². The van der Waals surface area contributed by atoms with E-state index in [1.165, 1.54) is 0 Å². The Morgan fingerprint density at radius 1 is 1.65 bits per heavy atom. The molecule has 1 fully saturated rings. The van der Waals surface area contributed by atoms with Crippen LogP contribution in [0.1, 0.15) is 32.6 Å². The van der Waals surface area contributed by atoms with Crippen molar-refractivity contribution < 1.29 is 9.90 Å². The molecule has 0 aromatic carbocycles. The van der Waals surface area contributed by atoms with Crippen molar-refractivity contribution in [2.24, 2.45) is 12.5 Å². The molecule has 94 valence electrons. The molecule has 1 aliphatic carbocycles. The molecule has 0 amide bonds. The maximum atomic E-state index is 11.4. The van der Waals surface area contributed by atoms with Crippen LogP contribution in [0.4, 0.5) is 5.95 Å². The van der Waals surface area contributed by atoms with Gasteiger partial charge in [-0.15, -0.1) is 0 Å². The zero-order chi connectivity index (χ0) is 12.5. The molecule has 2 rings (SSSR count). The molecule has 0 saturated heterocycles. The summed E-state index contributed by atoms with van der Waals surface area (Å²) in [7, 11) is 1.90. The van der Waals surface area contributed by atoms with Crippen molar-refractivity contribution in [1.29, 1.82) is 0 Å². The maximum Gasteiger partial charge on any atom is 0.311 e. The molecule has 1 aromatic rings. The molecule has 2 atom stereocenters. The number of anilines is 1. The van der Waals surface area contributed by atoms with Crippen molar-refractivity contribution >= 4 is 11.9 Å². The Hall–Kier alpha value is -1.52. The fourth-order valence-electron chi connectivity index (χ4n) is 2.48. The zero-order valence-corrected chi connectivity index (χ0v) is 10.3. The van der Waals surface area contributed by atoms with Gasteiger partial charge in [0.2, 0.25) is 5.95 Å². The third-order valence-corrected chi connectivity index (χ3v) is 3.82. The quantitative estimate of drug-likeness (QED) is 0.842. The molecule has 0 bridgehead atoms. The molecule has 1 aliphatic rings. The van der Waals surface area contributed by atoms with Crippen LogP contribution < -0.4 is 5.32 Å². The number of aliphatic carboxylic acids is 1. The molecule has 5 heteroatoms. The standard InChI is InChI=1S/C12H19N3O2/c1-12(10(16)17)6-4-3-5-9(12)14-11-13-7-8-15(11)2/h7-9H,3-6H2,1-2H3,(H,13,14)(H,16,17).